The van der Waals surface area contributed by atoms with Gasteiger partial charge in [-0.3, -0.25) is 0 Å². The van der Waals surface area contributed by atoms with Crippen molar-refractivity contribution >= 4 is 48.9 Å². The third-order valence-corrected chi connectivity index (χ3v) is 7.17. The zero-order valence-electron chi connectivity index (χ0n) is 17.9. The predicted molar refractivity (Wildman–Crippen MR) is 134 cm³/mol. The quantitative estimate of drug-likeness (QED) is 0.316. The van der Waals surface area contributed by atoms with Crippen LogP contribution in [0.4, 0.5) is 17.1 Å². The average Bonchev–Trinajstić information content (AvgIpc) is 2.67. The van der Waals surface area contributed by atoms with Gasteiger partial charge in [0.2, 0.25) is 0 Å². The summed E-state index contributed by atoms with van der Waals surface area (Å²) in [6.45, 7) is 11.0. The summed E-state index contributed by atoms with van der Waals surface area (Å²) in [7, 11) is 0. The maximum absolute atomic E-state index is 3.65. The summed E-state index contributed by atoms with van der Waals surface area (Å²) in [6, 6.07) is 17.9. The Kier molecular flexibility index (Phi) is 7.23. The first kappa shape index (κ1) is 22.1. The van der Waals surface area contributed by atoms with E-state index in [-0.39, 0.29) is 0 Å². The van der Waals surface area contributed by atoms with E-state index < -0.39 is 0 Å². The maximum Gasteiger partial charge on any atom is 0.0520 e. The van der Waals surface area contributed by atoms with Gasteiger partial charge < -0.3 is 4.90 Å². The van der Waals surface area contributed by atoms with Crippen molar-refractivity contribution in [3.05, 3.63) is 85.3 Å². The number of rotatable bonds is 6. The molecule has 0 atom stereocenters. The lowest BCUT2D eigenvalue weighted by Gasteiger charge is -2.30. The van der Waals surface area contributed by atoms with E-state index in [1.54, 1.807) is 0 Å². The van der Waals surface area contributed by atoms with Crippen LogP contribution < -0.4 is 4.90 Å². The second-order valence-electron chi connectivity index (χ2n) is 7.88. The summed E-state index contributed by atoms with van der Waals surface area (Å²) in [5.41, 5.74) is 10.2. The van der Waals surface area contributed by atoms with Gasteiger partial charge in [0.15, 0.2) is 0 Å². The highest BCUT2D eigenvalue weighted by Crippen LogP contribution is 2.41. The standard InChI is InChI=1S/C26H29Br2N/c1-6-7-8-21-13-19(4)26(20(5)14-21)29(22-9-11-24(27)17(2)15-22)23-10-12-25(28)18(3)16-23/h9-16H,6-8H2,1-5H3. The molecule has 0 bridgehead atoms. The monoisotopic (exact) mass is 513 g/mol. The van der Waals surface area contributed by atoms with Gasteiger partial charge >= 0.3 is 0 Å². The lowest BCUT2D eigenvalue weighted by Crippen LogP contribution is -2.14. The van der Waals surface area contributed by atoms with Crippen LogP contribution in [-0.4, -0.2) is 0 Å². The van der Waals surface area contributed by atoms with Gasteiger partial charge in [0, 0.05) is 20.3 Å². The molecule has 0 amide bonds. The first-order valence-electron chi connectivity index (χ1n) is 10.2. The Bertz CT molecular complexity index is 949. The fourth-order valence-corrected chi connectivity index (χ4v) is 4.36. The summed E-state index contributed by atoms with van der Waals surface area (Å²) in [6.07, 6.45) is 3.61. The van der Waals surface area contributed by atoms with Crippen LogP contribution in [0.15, 0.2) is 57.5 Å². The molecule has 0 aromatic heterocycles. The van der Waals surface area contributed by atoms with Crippen molar-refractivity contribution in [1.29, 1.82) is 0 Å². The van der Waals surface area contributed by atoms with Gasteiger partial charge in [-0.15, -0.1) is 0 Å². The molecule has 0 fully saturated rings. The Morgan fingerprint density at radius 3 is 1.59 bits per heavy atom. The molecule has 0 unspecified atom stereocenters. The molecular formula is C26H29Br2N. The van der Waals surface area contributed by atoms with E-state index in [4.69, 9.17) is 0 Å². The summed E-state index contributed by atoms with van der Waals surface area (Å²) < 4.78 is 2.27. The number of anilines is 3. The minimum atomic E-state index is 1.14. The molecule has 0 heterocycles. The number of halogens is 2. The molecule has 3 aromatic carbocycles. The van der Waals surface area contributed by atoms with Crippen LogP contribution in [-0.2, 0) is 6.42 Å². The molecule has 1 nitrogen and oxygen atoms in total. The summed E-state index contributed by atoms with van der Waals surface area (Å²) in [5.74, 6) is 0. The van der Waals surface area contributed by atoms with Crippen LogP contribution in [0, 0.1) is 27.7 Å². The predicted octanol–water partition coefficient (Wildman–Crippen LogP) is 9.26. The number of aryl methyl sites for hydroxylation is 5. The maximum atomic E-state index is 3.65. The number of unbranched alkanes of at least 4 members (excludes halogenated alkanes) is 1. The van der Waals surface area contributed by atoms with Gasteiger partial charge in [0.25, 0.3) is 0 Å². The minimum absolute atomic E-state index is 1.14. The van der Waals surface area contributed by atoms with Crippen LogP contribution in [0.3, 0.4) is 0 Å². The van der Waals surface area contributed by atoms with Gasteiger partial charge in [-0.2, -0.15) is 0 Å². The van der Waals surface area contributed by atoms with Gasteiger partial charge in [-0.1, -0.05) is 57.3 Å². The molecule has 29 heavy (non-hydrogen) atoms. The van der Waals surface area contributed by atoms with E-state index in [0.717, 1.165) is 15.4 Å². The van der Waals surface area contributed by atoms with Gasteiger partial charge in [0.1, 0.15) is 0 Å². The molecule has 0 aliphatic heterocycles. The molecular weight excluding hydrogens is 486 g/mol. The lowest BCUT2D eigenvalue weighted by atomic mass is 9.98. The summed E-state index contributed by atoms with van der Waals surface area (Å²) in [4.78, 5) is 2.40. The normalized spacial score (nSPS) is 11.0. The van der Waals surface area contributed by atoms with E-state index in [2.05, 4.69) is 120 Å². The minimum Gasteiger partial charge on any atom is -0.310 e. The van der Waals surface area contributed by atoms with Crippen molar-refractivity contribution in [2.24, 2.45) is 0 Å². The molecule has 3 aromatic rings. The number of hydrogen-bond donors (Lipinski definition) is 0. The SMILES string of the molecule is CCCCc1cc(C)c(N(c2ccc(Br)c(C)c2)c2ccc(Br)c(C)c2)c(C)c1. The smallest absolute Gasteiger partial charge is 0.0520 e. The highest BCUT2D eigenvalue weighted by atomic mass is 79.9. The molecule has 3 rings (SSSR count). The second-order valence-corrected chi connectivity index (χ2v) is 9.59. The van der Waals surface area contributed by atoms with Gasteiger partial charge in [0.05, 0.1) is 5.69 Å². The van der Waals surface area contributed by atoms with Crippen molar-refractivity contribution in [2.75, 3.05) is 4.90 Å². The van der Waals surface area contributed by atoms with Gasteiger partial charge in [-0.05, 0) is 105 Å². The average molecular weight is 515 g/mol. The first-order chi connectivity index (χ1) is 13.8. The highest BCUT2D eigenvalue weighted by molar-refractivity contribution is 9.10. The van der Waals surface area contributed by atoms with E-state index in [0.29, 0.717) is 0 Å². The molecule has 0 aliphatic carbocycles. The van der Waals surface area contributed by atoms with Crippen molar-refractivity contribution in [3.8, 4) is 0 Å². The van der Waals surface area contributed by atoms with Crippen molar-refractivity contribution in [3.63, 3.8) is 0 Å². The molecule has 0 N–H and O–H groups in total. The summed E-state index contributed by atoms with van der Waals surface area (Å²) >= 11 is 7.30. The molecule has 0 aliphatic rings. The number of hydrogen-bond acceptors (Lipinski definition) is 1. The molecule has 0 saturated heterocycles. The Hall–Kier alpha value is -1.58. The first-order valence-corrected chi connectivity index (χ1v) is 11.8. The molecule has 0 saturated carbocycles. The second kappa shape index (κ2) is 9.49. The Morgan fingerprint density at radius 1 is 0.690 bits per heavy atom. The topological polar surface area (TPSA) is 3.24 Å². The van der Waals surface area contributed by atoms with Crippen LogP contribution >= 0.6 is 31.9 Å². The fourth-order valence-electron chi connectivity index (χ4n) is 3.87. The van der Waals surface area contributed by atoms with Crippen molar-refractivity contribution < 1.29 is 0 Å². The van der Waals surface area contributed by atoms with Crippen LogP contribution in [0.2, 0.25) is 0 Å². The van der Waals surface area contributed by atoms with Crippen LogP contribution in [0.1, 0.15) is 47.6 Å². The molecule has 0 radical (unpaired) electrons. The zero-order valence-corrected chi connectivity index (χ0v) is 21.1. The van der Waals surface area contributed by atoms with Crippen molar-refractivity contribution in [1.82, 2.24) is 0 Å². The number of benzene rings is 3. The Balaban J connectivity index is 2.20. The van der Waals surface area contributed by atoms with Crippen molar-refractivity contribution in [2.45, 2.75) is 53.9 Å². The molecule has 0 spiro atoms. The van der Waals surface area contributed by atoms with E-state index in [1.165, 1.54) is 57.7 Å². The Morgan fingerprint density at radius 2 is 1.17 bits per heavy atom. The molecule has 152 valence electrons. The van der Waals surface area contributed by atoms with Crippen LogP contribution in [0.25, 0.3) is 0 Å². The summed E-state index contributed by atoms with van der Waals surface area (Å²) in [5, 5.41) is 0. The largest absolute Gasteiger partial charge is 0.310 e. The molecule has 3 heteroatoms. The zero-order chi connectivity index (χ0) is 21.1. The highest BCUT2D eigenvalue weighted by Gasteiger charge is 2.19. The van der Waals surface area contributed by atoms with Crippen LogP contribution in [0.5, 0.6) is 0 Å². The third kappa shape index (κ3) is 4.95. The third-order valence-electron chi connectivity index (χ3n) is 5.39. The van der Waals surface area contributed by atoms with E-state index >= 15 is 0 Å². The fraction of sp³-hybridized carbons (Fsp3) is 0.308. The van der Waals surface area contributed by atoms with Gasteiger partial charge in [-0.25, -0.2) is 0 Å². The lowest BCUT2D eigenvalue weighted by molar-refractivity contribution is 0.794. The Labute approximate surface area is 192 Å². The van der Waals surface area contributed by atoms with E-state index in [9.17, 15) is 0 Å². The number of nitrogens with zero attached hydrogens (tertiary/aromatic N) is 1. The van der Waals surface area contributed by atoms with E-state index in [1.807, 2.05) is 0 Å².